The van der Waals surface area contributed by atoms with Gasteiger partial charge in [0.15, 0.2) is 15.8 Å². The van der Waals surface area contributed by atoms with E-state index in [9.17, 15) is 18.1 Å². The SMILES string of the molecule is Cc1cc2c(cc1C(=O)N=C(N)N)S(=O)(=O)C(C)(C)C2N=O. The summed E-state index contributed by atoms with van der Waals surface area (Å²) >= 11 is 0. The van der Waals surface area contributed by atoms with Crippen LogP contribution in [0.25, 0.3) is 0 Å². The summed E-state index contributed by atoms with van der Waals surface area (Å²) in [6.07, 6.45) is 0. The van der Waals surface area contributed by atoms with Crippen LogP contribution in [0.3, 0.4) is 0 Å². The maximum Gasteiger partial charge on any atom is 0.280 e. The summed E-state index contributed by atoms with van der Waals surface area (Å²) in [5, 5.41) is 2.96. The van der Waals surface area contributed by atoms with E-state index >= 15 is 0 Å². The topological polar surface area (TPSA) is 145 Å². The van der Waals surface area contributed by atoms with Crippen molar-refractivity contribution in [2.45, 2.75) is 36.5 Å². The molecule has 1 heterocycles. The van der Waals surface area contributed by atoms with Gasteiger partial charge in [0.2, 0.25) is 0 Å². The molecule has 0 saturated carbocycles. The first kappa shape index (κ1) is 16.1. The van der Waals surface area contributed by atoms with Crippen molar-refractivity contribution in [1.29, 1.82) is 0 Å². The number of fused-ring (bicyclic) bond motifs is 1. The molecule has 9 heteroatoms. The molecule has 1 aliphatic heterocycles. The van der Waals surface area contributed by atoms with Crippen LogP contribution in [0.1, 0.15) is 41.4 Å². The molecule has 1 atom stereocenters. The number of hydrogen-bond donors (Lipinski definition) is 2. The van der Waals surface area contributed by atoms with Crippen LogP contribution in [0.2, 0.25) is 0 Å². The van der Waals surface area contributed by atoms with Gasteiger partial charge in [0.1, 0.15) is 10.8 Å². The Hall–Kier alpha value is -2.29. The molecule has 22 heavy (non-hydrogen) atoms. The van der Waals surface area contributed by atoms with Gasteiger partial charge in [-0.25, -0.2) is 8.42 Å². The van der Waals surface area contributed by atoms with Crippen molar-refractivity contribution in [1.82, 2.24) is 0 Å². The monoisotopic (exact) mass is 324 g/mol. The zero-order valence-electron chi connectivity index (χ0n) is 12.3. The number of rotatable bonds is 2. The maximum atomic E-state index is 12.6. The molecule has 1 aromatic rings. The second kappa shape index (κ2) is 4.87. The standard InChI is InChI=1S/C13H16N4O4S/c1-6-4-8-9(5-7(6)11(18)16-12(14)15)22(20,21)13(2,3)10(8)17-19/h4-5,10H,1-3H3,(H4,14,15,16,18). The molecule has 0 fully saturated rings. The predicted molar refractivity (Wildman–Crippen MR) is 81.1 cm³/mol. The second-order valence-electron chi connectivity index (χ2n) is 5.66. The van der Waals surface area contributed by atoms with Gasteiger partial charge in [0.25, 0.3) is 5.91 Å². The van der Waals surface area contributed by atoms with Crippen LogP contribution < -0.4 is 11.5 Å². The molecule has 1 aromatic carbocycles. The molecule has 0 aliphatic carbocycles. The van der Waals surface area contributed by atoms with Crippen LogP contribution in [0.4, 0.5) is 0 Å². The molecular weight excluding hydrogens is 308 g/mol. The molecule has 2 rings (SSSR count). The van der Waals surface area contributed by atoms with Gasteiger partial charge >= 0.3 is 0 Å². The molecule has 8 nitrogen and oxygen atoms in total. The Kier molecular flexibility index (Phi) is 3.56. The number of hydrogen-bond acceptors (Lipinski definition) is 5. The summed E-state index contributed by atoms with van der Waals surface area (Å²) in [5.41, 5.74) is 11.2. The molecule has 0 spiro atoms. The summed E-state index contributed by atoms with van der Waals surface area (Å²) in [6.45, 7) is 4.47. The lowest BCUT2D eigenvalue weighted by Gasteiger charge is -2.19. The Morgan fingerprint density at radius 2 is 1.86 bits per heavy atom. The average molecular weight is 324 g/mol. The van der Waals surface area contributed by atoms with Crippen molar-refractivity contribution in [2.24, 2.45) is 21.6 Å². The van der Waals surface area contributed by atoms with Crippen molar-refractivity contribution >= 4 is 21.7 Å². The van der Waals surface area contributed by atoms with E-state index in [1.165, 1.54) is 26.0 Å². The van der Waals surface area contributed by atoms with E-state index in [4.69, 9.17) is 11.5 Å². The number of aliphatic imine (C=N–C) groups is 1. The summed E-state index contributed by atoms with van der Waals surface area (Å²) in [5.74, 6) is -1.16. The Balaban J connectivity index is 2.75. The van der Waals surface area contributed by atoms with Crippen LogP contribution in [0.15, 0.2) is 27.2 Å². The molecule has 0 saturated heterocycles. The predicted octanol–water partition coefficient (Wildman–Crippen LogP) is 0.782. The minimum absolute atomic E-state index is 0.0677. The third kappa shape index (κ3) is 2.08. The fraction of sp³-hybridized carbons (Fsp3) is 0.385. The van der Waals surface area contributed by atoms with Gasteiger partial charge in [-0.1, -0.05) is 11.2 Å². The van der Waals surface area contributed by atoms with Crippen LogP contribution in [0, 0.1) is 11.8 Å². The molecule has 0 radical (unpaired) electrons. The van der Waals surface area contributed by atoms with Gasteiger partial charge in [0, 0.05) is 11.1 Å². The number of nitrogens with zero attached hydrogens (tertiary/aromatic N) is 2. The van der Waals surface area contributed by atoms with E-state index in [0.717, 1.165) is 0 Å². The first-order valence-electron chi connectivity index (χ1n) is 6.39. The fourth-order valence-corrected chi connectivity index (χ4v) is 4.34. The number of carbonyl (C=O) groups excluding carboxylic acids is 1. The maximum absolute atomic E-state index is 12.6. The highest BCUT2D eigenvalue weighted by Gasteiger charge is 2.53. The van der Waals surface area contributed by atoms with E-state index in [1.54, 1.807) is 6.92 Å². The number of aryl methyl sites for hydroxylation is 1. The first-order chi connectivity index (χ1) is 10.0. The number of sulfone groups is 1. The zero-order chi connectivity index (χ0) is 16.9. The lowest BCUT2D eigenvalue weighted by molar-refractivity contribution is 0.100. The lowest BCUT2D eigenvalue weighted by atomic mass is 9.94. The molecular formula is C13H16N4O4S. The molecule has 1 amide bonds. The van der Waals surface area contributed by atoms with E-state index in [1.807, 2.05) is 0 Å². The highest BCUT2D eigenvalue weighted by atomic mass is 32.2. The van der Waals surface area contributed by atoms with Gasteiger partial charge in [-0.2, -0.15) is 9.90 Å². The second-order valence-corrected chi connectivity index (χ2v) is 8.16. The number of guanidine groups is 1. The summed E-state index contributed by atoms with van der Waals surface area (Å²) < 4.78 is 23.8. The molecule has 1 aliphatic rings. The zero-order valence-corrected chi connectivity index (χ0v) is 13.1. The minimum atomic E-state index is -3.80. The highest BCUT2D eigenvalue weighted by Crippen LogP contribution is 2.49. The van der Waals surface area contributed by atoms with E-state index < -0.39 is 32.5 Å². The third-order valence-corrected chi connectivity index (χ3v) is 6.40. The van der Waals surface area contributed by atoms with Crippen LogP contribution in [-0.4, -0.2) is 25.0 Å². The fourth-order valence-electron chi connectivity index (χ4n) is 2.55. The van der Waals surface area contributed by atoms with Crippen molar-refractivity contribution in [3.8, 4) is 0 Å². The highest BCUT2D eigenvalue weighted by molar-refractivity contribution is 7.93. The Morgan fingerprint density at radius 3 is 2.36 bits per heavy atom. The smallest absolute Gasteiger partial charge is 0.280 e. The average Bonchev–Trinajstić information content (AvgIpc) is 2.51. The summed E-state index contributed by atoms with van der Waals surface area (Å²) in [7, 11) is -3.80. The van der Waals surface area contributed by atoms with Crippen LogP contribution >= 0.6 is 0 Å². The van der Waals surface area contributed by atoms with Crippen molar-refractivity contribution in [3.05, 3.63) is 33.7 Å². The number of amides is 1. The normalized spacial score (nSPS) is 21.0. The lowest BCUT2D eigenvalue weighted by Crippen LogP contribution is -2.31. The van der Waals surface area contributed by atoms with E-state index in [2.05, 4.69) is 10.2 Å². The molecule has 0 bridgehead atoms. The minimum Gasteiger partial charge on any atom is -0.370 e. The Morgan fingerprint density at radius 1 is 1.27 bits per heavy atom. The van der Waals surface area contributed by atoms with Gasteiger partial charge in [-0.3, -0.25) is 4.79 Å². The number of benzene rings is 1. The number of carbonyl (C=O) groups is 1. The van der Waals surface area contributed by atoms with Gasteiger partial charge < -0.3 is 11.5 Å². The van der Waals surface area contributed by atoms with Gasteiger partial charge in [0.05, 0.1) is 4.90 Å². The molecule has 4 N–H and O–H groups in total. The summed E-state index contributed by atoms with van der Waals surface area (Å²) in [6, 6.07) is 1.66. The van der Waals surface area contributed by atoms with Gasteiger partial charge in [-0.15, -0.1) is 0 Å². The largest absolute Gasteiger partial charge is 0.370 e. The quantitative estimate of drug-likeness (QED) is 0.467. The van der Waals surface area contributed by atoms with Gasteiger partial charge in [-0.05, 0) is 32.4 Å². The van der Waals surface area contributed by atoms with Crippen molar-refractivity contribution in [3.63, 3.8) is 0 Å². The first-order valence-corrected chi connectivity index (χ1v) is 7.88. The molecule has 1 unspecified atom stereocenters. The molecule has 0 aromatic heterocycles. The number of nitrogens with two attached hydrogens (primary N) is 2. The van der Waals surface area contributed by atoms with Crippen molar-refractivity contribution < 1.29 is 13.2 Å². The van der Waals surface area contributed by atoms with Crippen LogP contribution in [-0.2, 0) is 9.84 Å². The van der Waals surface area contributed by atoms with Crippen molar-refractivity contribution in [2.75, 3.05) is 0 Å². The third-order valence-electron chi connectivity index (χ3n) is 3.86. The Bertz CT molecular complexity index is 808. The molecule has 118 valence electrons. The summed E-state index contributed by atoms with van der Waals surface area (Å²) in [4.78, 5) is 26.4. The Labute approximate surface area is 127 Å². The van der Waals surface area contributed by atoms with E-state index in [0.29, 0.717) is 11.1 Å². The number of nitroso groups, excluding NO2 is 1. The van der Waals surface area contributed by atoms with E-state index in [-0.39, 0.29) is 10.5 Å². The van der Waals surface area contributed by atoms with Crippen LogP contribution in [0.5, 0.6) is 0 Å².